The molecule has 0 radical (unpaired) electrons. The fraction of sp³-hybridized carbons (Fsp3) is 0.133. The van der Waals surface area contributed by atoms with Crippen LogP contribution >= 0.6 is 15.9 Å². The van der Waals surface area contributed by atoms with Gasteiger partial charge < -0.3 is 4.90 Å². The number of halogens is 1. The summed E-state index contributed by atoms with van der Waals surface area (Å²) in [5.41, 5.74) is 1.22. The van der Waals surface area contributed by atoms with E-state index in [9.17, 15) is 29.3 Å². The highest BCUT2D eigenvalue weighted by Crippen LogP contribution is 2.47. The van der Waals surface area contributed by atoms with E-state index in [1.54, 1.807) is 77.8 Å². The molecule has 3 heterocycles. The first-order valence-electron chi connectivity index (χ1n) is 12.5. The van der Waals surface area contributed by atoms with Gasteiger partial charge in [0.05, 0.1) is 28.5 Å². The second-order valence-corrected chi connectivity index (χ2v) is 10.6. The molecule has 0 spiro atoms. The topological polar surface area (TPSA) is 118 Å². The predicted molar refractivity (Wildman–Crippen MR) is 148 cm³/mol. The Morgan fingerprint density at radius 2 is 1.48 bits per heavy atom. The van der Waals surface area contributed by atoms with Gasteiger partial charge in [0.15, 0.2) is 11.6 Å². The highest BCUT2D eigenvalue weighted by atomic mass is 79.9. The Hall–Kier alpha value is -4.70. The molecule has 4 atom stereocenters. The number of anilines is 1. The van der Waals surface area contributed by atoms with Gasteiger partial charge in [-0.2, -0.15) is 0 Å². The SMILES string of the molecule is O=C(C1=C[C@@H]2[C@@H]3C(=O)N(c4ccc([N+](=O)[O-])cc4)C(=O)[C@@H]3[C@@H](C(=O)c3ccc(Br)cc3)N2C=C1)c1ccccc1. The molecule has 0 saturated carbocycles. The Morgan fingerprint density at radius 1 is 0.825 bits per heavy atom. The molecule has 10 heteroatoms. The van der Waals surface area contributed by atoms with E-state index < -0.39 is 40.7 Å². The van der Waals surface area contributed by atoms with Gasteiger partial charge in [-0.1, -0.05) is 64.5 Å². The van der Waals surface area contributed by atoms with Crippen molar-refractivity contribution in [2.24, 2.45) is 11.8 Å². The number of fused-ring (bicyclic) bond motifs is 3. The third-order valence-electron chi connectivity index (χ3n) is 7.56. The summed E-state index contributed by atoms with van der Waals surface area (Å²) in [6, 6.07) is 18.9. The molecule has 3 aliphatic rings. The molecule has 40 heavy (non-hydrogen) atoms. The van der Waals surface area contributed by atoms with E-state index in [0.29, 0.717) is 16.7 Å². The van der Waals surface area contributed by atoms with Crippen LogP contribution in [0.4, 0.5) is 11.4 Å². The number of carbonyl (C=O) groups is 4. The minimum Gasteiger partial charge on any atom is -0.359 e. The van der Waals surface area contributed by atoms with Crippen molar-refractivity contribution < 1.29 is 24.1 Å². The van der Waals surface area contributed by atoms with Crippen molar-refractivity contribution >= 4 is 50.7 Å². The number of nitrogens with zero attached hydrogens (tertiary/aromatic N) is 3. The normalized spacial score (nSPS) is 23.1. The van der Waals surface area contributed by atoms with Gasteiger partial charge in [-0.25, -0.2) is 4.90 Å². The van der Waals surface area contributed by atoms with Gasteiger partial charge in [0, 0.05) is 39.5 Å². The first-order valence-corrected chi connectivity index (χ1v) is 13.2. The molecule has 0 bridgehead atoms. The molecule has 2 saturated heterocycles. The van der Waals surface area contributed by atoms with Gasteiger partial charge in [0.1, 0.15) is 6.04 Å². The quantitative estimate of drug-likeness (QED) is 0.174. The van der Waals surface area contributed by atoms with Gasteiger partial charge in [0.2, 0.25) is 11.8 Å². The fourth-order valence-electron chi connectivity index (χ4n) is 5.72. The van der Waals surface area contributed by atoms with Crippen LogP contribution in [0, 0.1) is 22.0 Å². The van der Waals surface area contributed by atoms with Crippen molar-refractivity contribution in [3.63, 3.8) is 0 Å². The third kappa shape index (κ3) is 4.08. The first-order chi connectivity index (χ1) is 19.3. The molecule has 2 amide bonds. The van der Waals surface area contributed by atoms with E-state index in [-0.39, 0.29) is 22.9 Å². The highest BCUT2D eigenvalue weighted by Gasteiger charge is 2.63. The molecule has 0 unspecified atom stereocenters. The summed E-state index contributed by atoms with van der Waals surface area (Å²) in [5, 5.41) is 11.1. The molecule has 0 aromatic heterocycles. The van der Waals surface area contributed by atoms with Gasteiger partial charge in [-0.3, -0.25) is 29.3 Å². The number of hydrogen-bond donors (Lipinski definition) is 0. The highest BCUT2D eigenvalue weighted by molar-refractivity contribution is 9.10. The summed E-state index contributed by atoms with van der Waals surface area (Å²) < 4.78 is 0.785. The van der Waals surface area contributed by atoms with Crippen LogP contribution in [0.3, 0.4) is 0 Å². The lowest BCUT2D eigenvalue weighted by Crippen LogP contribution is -2.46. The number of rotatable bonds is 6. The van der Waals surface area contributed by atoms with E-state index in [1.165, 1.54) is 24.3 Å². The van der Waals surface area contributed by atoms with Crippen LogP contribution in [-0.2, 0) is 9.59 Å². The standard InChI is InChI=1S/C30H20BrN3O6/c31-20-8-6-18(7-9-20)28(36)26-25-24(29(37)33(30(25)38)21-10-12-22(13-11-21)34(39)40)23-16-19(14-15-32(23)26)27(35)17-4-2-1-3-5-17/h1-16,23-26H/t23-,24+,25+,26+/m1/s1. The van der Waals surface area contributed by atoms with Crippen molar-refractivity contribution in [3.05, 3.63) is 129 Å². The van der Waals surface area contributed by atoms with Crippen LogP contribution in [0.2, 0.25) is 0 Å². The number of ketones is 2. The predicted octanol–water partition coefficient (Wildman–Crippen LogP) is 4.74. The Labute approximate surface area is 236 Å². The number of benzene rings is 3. The Morgan fingerprint density at radius 3 is 2.12 bits per heavy atom. The number of nitro benzene ring substituents is 1. The van der Waals surface area contributed by atoms with Crippen LogP contribution in [0.1, 0.15) is 20.7 Å². The number of amides is 2. The van der Waals surface area contributed by atoms with E-state index in [1.807, 2.05) is 0 Å². The Bertz CT molecular complexity index is 1630. The average Bonchev–Trinajstić information content (AvgIpc) is 3.44. The van der Waals surface area contributed by atoms with E-state index in [0.717, 1.165) is 9.37 Å². The van der Waals surface area contributed by atoms with Gasteiger partial charge in [0.25, 0.3) is 5.69 Å². The van der Waals surface area contributed by atoms with Crippen molar-refractivity contribution in [2.45, 2.75) is 12.1 Å². The smallest absolute Gasteiger partial charge is 0.269 e. The number of hydrogen-bond acceptors (Lipinski definition) is 7. The maximum atomic E-state index is 13.9. The summed E-state index contributed by atoms with van der Waals surface area (Å²) in [4.78, 5) is 68.1. The molecule has 9 nitrogen and oxygen atoms in total. The molecule has 0 aliphatic carbocycles. The largest absolute Gasteiger partial charge is 0.359 e. The molecule has 0 N–H and O–H groups in total. The average molecular weight is 598 g/mol. The van der Waals surface area contributed by atoms with Crippen LogP contribution < -0.4 is 4.90 Å². The summed E-state index contributed by atoms with van der Waals surface area (Å²) in [6.45, 7) is 0. The van der Waals surface area contributed by atoms with Gasteiger partial charge in [-0.05, 0) is 30.3 Å². The second-order valence-electron chi connectivity index (χ2n) is 9.72. The minimum absolute atomic E-state index is 0.179. The molecular formula is C30H20BrN3O6. The third-order valence-corrected chi connectivity index (χ3v) is 8.09. The number of allylic oxidation sites excluding steroid dienone is 2. The van der Waals surface area contributed by atoms with E-state index >= 15 is 0 Å². The molecule has 6 rings (SSSR count). The zero-order valence-corrected chi connectivity index (χ0v) is 22.3. The second kappa shape index (κ2) is 9.80. The van der Waals surface area contributed by atoms with Gasteiger partial charge in [-0.15, -0.1) is 0 Å². The first kappa shape index (κ1) is 25.6. The van der Waals surface area contributed by atoms with Crippen LogP contribution in [0.5, 0.6) is 0 Å². The van der Waals surface area contributed by atoms with Gasteiger partial charge >= 0.3 is 0 Å². The monoisotopic (exact) mass is 597 g/mol. The number of Topliss-reactive ketones (excluding diaryl/α,β-unsaturated/α-hetero) is 2. The van der Waals surface area contributed by atoms with Crippen LogP contribution in [-0.4, -0.2) is 45.3 Å². The molecule has 198 valence electrons. The minimum atomic E-state index is -1.02. The van der Waals surface area contributed by atoms with E-state index in [2.05, 4.69) is 15.9 Å². The van der Waals surface area contributed by atoms with Crippen molar-refractivity contribution in [1.82, 2.24) is 4.90 Å². The summed E-state index contributed by atoms with van der Waals surface area (Å²) in [7, 11) is 0. The maximum absolute atomic E-state index is 13.9. The van der Waals surface area contributed by atoms with E-state index in [4.69, 9.17) is 0 Å². The molecule has 3 aromatic carbocycles. The van der Waals surface area contributed by atoms with Crippen LogP contribution in [0.15, 0.2) is 107 Å². The molecule has 2 fully saturated rings. The van der Waals surface area contributed by atoms with Crippen molar-refractivity contribution in [1.29, 1.82) is 0 Å². The summed E-state index contributed by atoms with van der Waals surface area (Å²) in [5.74, 6) is -3.60. The Balaban J connectivity index is 1.42. The van der Waals surface area contributed by atoms with Crippen molar-refractivity contribution in [2.75, 3.05) is 4.90 Å². The molecular weight excluding hydrogens is 578 g/mol. The lowest BCUT2D eigenvalue weighted by molar-refractivity contribution is -0.384. The number of nitro groups is 1. The zero-order valence-electron chi connectivity index (χ0n) is 20.7. The van der Waals surface area contributed by atoms with Crippen LogP contribution in [0.25, 0.3) is 0 Å². The number of non-ortho nitro benzene ring substituents is 1. The maximum Gasteiger partial charge on any atom is 0.269 e. The zero-order chi connectivity index (χ0) is 28.1. The molecule has 3 aliphatic heterocycles. The lowest BCUT2D eigenvalue weighted by Gasteiger charge is -2.32. The Kier molecular flexibility index (Phi) is 6.26. The summed E-state index contributed by atoms with van der Waals surface area (Å²) in [6.07, 6.45) is 4.89. The summed E-state index contributed by atoms with van der Waals surface area (Å²) >= 11 is 3.36. The molecule has 3 aromatic rings. The lowest BCUT2D eigenvalue weighted by atomic mass is 9.85. The fourth-order valence-corrected chi connectivity index (χ4v) is 5.98. The van der Waals surface area contributed by atoms with Crippen molar-refractivity contribution in [3.8, 4) is 0 Å². The number of carbonyl (C=O) groups excluding carboxylic acids is 4. The number of imide groups is 1.